The molecule has 3 N–H and O–H groups in total. The number of carbonyl (C=O) groups is 1. The van der Waals surface area contributed by atoms with Gasteiger partial charge >= 0.3 is 5.97 Å². The number of nitrogen functional groups attached to an aromatic ring is 1. The number of halogens is 2. The minimum Gasteiger partial charge on any atom is -0.478 e. The molecule has 0 amide bonds. The van der Waals surface area contributed by atoms with Crippen LogP contribution in [0.1, 0.15) is 10.4 Å². The van der Waals surface area contributed by atoms with Crippen LogP contribution in [0.4, 0.5) is 5.69 Å². The van der Waals surface area contributed by atoms with Gasteiger partial charge in [0.2, 0.25) is 0 Å². The summed E-state index contributed by atoms with van der Waals surface area (Å²) in [6, 6.07) is 2.97. The maximum absolute atomic E-state index is 10.5. The number of benzene rings is 1. The Bertz CT molecular complexity index is 317. The second-order valence-electron chi connectivity index (χ2n) is 2.17. The Balaban J connectivity index is 3.31. The molecule has 0 aromatic heterocycles. The van der Waals surface area contributed by atoms with E-state index >= 15 is 0 Å². The Hall–Kier alpha value is -0.300. The summed E-state index contributed by atoms with van der Waals surface area (Å²) in [5, 5.41) is 8.65. The predicted octanol–water partition coefficient (Wildman–Crippen LogP) is 2.33. The van der Waals surface area contributed by atoms with Crippen molar-refractivity contribution in [1.29, 1.82) is 0 Å². The lowest BCUT2D eigenvalue weighted by Crippen LogP contribution is -2.00. The van der Waals surface area contributed by atoms with E-state index in [4.69, 9.17) is 10.8 Å². The van der Waals surface area contributed by atoms with Crippen LogP contribution in [-0.2, 0) is 0 Å². The van der Waals surface area contributed by atoms with Crippen molar-refractivity contribution in [1.82, 2.24) is 0 Å². The average molecular weight is 342 g/mol. The standard InChI is InChI=1S/C7H5BrINO2/c8-4-1-3(7(11)12)2-5(10)6(4)9/h1-2H,10H2,(H,11,12). The van der Waals surface area contributed by atoms with Crippen molar-refractivity contribution in [3.63, 3.8) is 0 Å². The van der Waals surface area contributed by atoms with E-state index in [-0.39, 0.29) is 5.56 Å². The number of hydrogen-bond donors (Lipinski definition) is 2. The fourth-order valence-electron chi connectivity index (χ4n) is 0.734. The topological polar surface area (TPSA) is 63.3 Å². The van der Waals surface area contributed by atoms with E-state index < -0.39 is 5.97 Å². The molecule has 5 heteroatoms. The van der Waals surface area contributed by atoms with Gasteiger partial charge in [0.15, 0.2) is 0 Å². The molecule has 12 heavy (non-hydrogen) atoms. The Morgan fingerprint density at radius 3 is 2.58 bits per heavy atom. The van der Waals surface area contributed by atoms with Crippen LogP contribution in [-0.4, -0.2) is 11.1 Å². The van der Waals surface area contributed by atoms with Gasteiger partial charge in [-0.15, -0.1) is 0 Å². The lowest BCUT2D eigenvalue weighted by Gasteiger charge is -2.02. The highest BCUT2D eigenvalue weighted by molar-refractivity contribution is 14.1. The Morgan fingerprint density at radius 2 is 2.17 bits per heavy atom. The zero-order valence-corrected chi connectivity index (χ0v) is 9.59. The zero-order chi connectivity index (χ0) is 9.30. The minimum absolute atomic E-state index is 0.194. The quantitative estimate of drug-likeness (QED) is 0.608. The highest BCUT2D eigenvalue weighted by Crippen LogP contribution is 2.26. The van der Waals surface area contributed by atoms with Gasteiger partial charge in [0.1, 0.15) is 0 Å². The van der Waals surface area contributed by atoms with Crippen molar-refractivity contribution in [2.75, 3.05) is 5.73 Å². The largest absolute Gasteiger partial charge is 0.478 e. The van der Waals surface area contributed by atoms with E-state index in [1.54, 1.807) is 0 Å². The summed E-state index contributed by atoms with van der Waals surface area (Å²) in [6.45, 7) is 0. The molecule has 0 saturated carbocycles. The number of hydrogen-bond acceptors (Lipinski definition) is 2. The first-order valence-electron chi connectivity index (χ1n) is 3.00. The Kier molecular flexibility index (Phi) is 2.94. The molecule has 0 atom stereocenters. The lowest BCUT2D eigenvalue weighted by atomic mass is 10.2. The van der Waals surface area contributed by atoms with Crippen molar-refractivity contribution in [3.05, 3.63) is 25.7 Å². The molecular formula is C7H5BrINO2. The normalized spacial score (nSPS) is 9.83. The van der Waals surface area contributed by atoms with Crippen LogP contribution in [0.3, 0.4) is 0 Å². The van der Waals surface area contributed by atoms with Gasteiger partial charge in [-0.2, -0.15) is 0 Å². The molecule has 0 bridgehead atoms. The summed E-state index contributed by atoms with van der Waals surface area (Å²) >= 11 is 5.26. The smallest absolute Gasteiger partial charge is 0.335 e. The minimum atomic E-state index is -0.973. The highest BCUT2D eigenvalue weighted by Gasteiger charge is 2.08. The molecule has 0 aliphatic heterocycles. The summed E-state index contributed by atoms with van der Waals surface area (Å²) < 4.78 is 1.54. The third-order valence-corrected chi connectivity index (χ3v) is 3.87. The molecule has 0 saturated heterocycles. The molecule has 1 aromatic rings. The molecule has 1 aromatic carbocycles. The van der Waals surface area contributed by atoms with Gasteiger partial charge in [-0.1, -0.05) is 0 Å². The van der Waals surface area contributed by atoms with Crippen LogP contribution >= 0.6 is 38.5 Å². The van der Waals surface area contributed by atoms with Crippen molar-refractivity contribution < 1.29 is 9.90 Å². The predicted molar refractivity (Wildman–Crippen MR) is 58.2 cm³/mol. The first-order valence-corrected chi connectivity index (χ1v) is 4.87. The summed E-state index contributed by atoms with van der Waals surface area (Å²) in [6.07, 6.45) is 0. The van der Waals surface area contributed by atoms with Crippen LogP contribution in [0.25, 0.3) is 0 Å². The average Bonchev–Trinajstić information content (AvgIpc) is 1.99. The molecule has 0 heterocycles. The van der Waals surface area contributed by atoms with E-state index in [9.17, 15) is 4.79 Å². The molecule has 64 valence electrons. The number of nitrogens with two attached hydrogens (primary N) is 1. The van der Waals surface area contributed by atoms with Gasteiger partial charge in [-0.25, -0.2) is 4.79 Å². The molecule has 3 nitrogen and oxygen atoms in total. The SMILES string of the molecule is Nc1cc(C(=O)O)cc(Br)c1I. The Morgan fingerprint density at radius 1 is 1.58 bits per heavy atom. The van der Waals surface area contributed by atoms with Crippen molar-refractivity contribution in [3.8, 4) is 0 Å². The summed E-state index contributed by atoms with van der Waals surface area (Å²) in [5.74, 6) is -0.973. The maximum atomic E-state index is 10.5. The summed E-state index contributed by atoms with van der Waals surface area (Å²) in [4.78, 5) is 10.5. The molecule has 0 aliphatic carbocycles. The van der Waals surface area contributed by atoms with E-state index in [1.165, 1.54) is 12.1 Å². The third kappa shape index (κ3) is 1.89. The van der Waals surface area contributed by atoms with Crippen molar-refractivity contribution >= 4 is 50.2 Å². The van der Waals surface area contributed by atoms with Gasteiger partial charge in [0, 0.05) is 10.2 Å². The zero-order valence-electron chi connectivity index (χ0n) is 5.84. The van der Waals surface area contributed by atoms with Gasteiger partial charge in [0.25, 0.3) is 0 Å². The number of rotatable bonds is 1. The van der Waals surface area contributed by atoms with Gasteiger partial charge in [-0.3, -0.25) is 0 Å². The first-order chi connectivity index (χ1) is 5.52. The van der Waals surface area contributed by atoms with Crippen molar-refractivity contribution in [2.24, 2.45) is 0 Å². The second-order valence-corrected chi connectivity index (χ2v) is 4.10. The van der Waals surface area contributed by atoms with Crippen LogP contribution < -0.4 is 5.73 Å². The van der Waals surface area contributed by atoms with Crippen LogP contribution in [0, 0.1) is 3.57 Å². The molecule has 1 rings (SSSR count). The van der Waals surface area contributed by atoms with Gasteiger partial charge in [0.05, 0.1) is 9.13 Å². The van der Waals surface area contributed by atoms with Crippen molar-refractivity contribution in [2.45, 2.75) is 0 Å². The molecular weight excluding hydrogens is 337 g/mol. The monoisotopic (exact) mass is 341 g/mol. The van der Waals surface area contributed by atoms with E-state index in [0.29, 0.717) is 10.2 Å². The van der Waals surface area contributed by atoms with Gasteiger partial charge in [-0.05, 0) is 50.7 Å². The molecule has 0 spiro atoms. The Labute approximate surface area is 91.2 Å². The number of carboxylic acid groups (broad SMARTS) is 1. The maximum Gasteiger partial charge on any atom is 0.335 e. The summed E-state index contributed by atoms with van der Waals surface area (Å²) in [7, 11) is 0. The van der Waals surface area contributed by atoms with Crippen LogP contribution in [0.15, 0.2) is 16.6 Å². The number of carboxylic acids is 1. The third-order valence-electron chi connectivity index (χ3n) is 1.30. The van der Waals surface area contributed by atoms with Crippen LogP contribution in [0.2, 0.25) is 0 Å². The number of anilines is 1. The first kappa shape index (κ1) is 9.79. The molecule has 0 unspecified atom stereocenters. The van der Waals surface area contributed by atoms with E-state index in [1.807, 2.05) is 22.6 Å². The number of aromatic carboxylic acids is 1. The lowest BCUT2D eigenvalue weighted by molar-refractivity contribution is 0.0697. The fraction of sp³-hybridized carbons (Fsp3) is 0. The molecule has 0 radical (unpaired) electrons. The molecule has 0 aliphatic rings. The van der Waals surface area contributed by atoms with E-state index in [0.717, 1.165) is 3.57 Å². The van der Waals surface area contributed by atoms with Crippen LogP contribution in [0.5, 0.6) is 0 Å². The highest BCUT2D eigenvalue weighted by atomic mass is 127. The second kappa shape index (κ2) is 3.61. The molecule has 0 fully saturated rings. The van der Waals surface area contributed by atoms with Gasteiger partial charge < -0.3 is 10.8 Å². The van der Waals surface area contributed by atoms with E-state index in [2.05, 4.69) is 15.9 Å². The fourth-order valence-corrected chi connectivity index (χ4v) is 1.52. The summed E-state index contributed by atoms with van der Waals surface area (Å²) in [5.41, 5.74) is 6.23.